The summed E-state index contributed by atoms with van der Waals surface area (Å²) in [5.41, 5.74) is -1.74. The lowest BCUT2D eigenvalue weighted by Gasteiger charge is -2.31. The number of aromatic amines is 1. The summed E-state index contributed by atoms with van der Waals surface area (Å²) in [5, 5.41) is 11.1. The SMILES string of the molecule is CC(C)CC(O)(Cc1cc2cc(N3CCOCC3)ncc2[nH]1)C(F)(F)F. The van der Waals surface area contributed by atoms with E-state index in [0.717, 1.165) is 24.3 Å². The number of hydrogen-bond acceptors (Lipinski definition) is 4. The third-order valence-corrected chi connectivity index (χ3v) is 4.64. The van der Waals surface area contributed by atoms with Crippen molar-refractivity contribution in [1.29, 1.82) is 0 Å². The monoisotopic (exact) mass is 371 g/mol. The summed E-state index contributed by atoms with van der Waals surface area (Å²) in [6.07, 6.45) is -3.91. The molecule has 0 bridgehead atoms. The Bertz CT molecular complexity index is 754. The van der Waals surface area contributed by atoms with Crippen molar-refractivity contribution in [3.8, 4) is 0 Å². The molecule has 0 saturated carbocycles. The largest absolute Gasteiger partial charge is 0.417 e. The Hall–Kier alpha value is -1.80. The van der Waals surface area contributed by atoms with E-state index in [-0.39, 0.29) is 12.3 Å². The van der Waals surface area contributed by atoms with Crippen LogP contribution >= 0.6 is 0 Å². The van der Waals surface area contributed by atoms with Crippen molar-refractivity contribution in [2.75, 3.05) is 31.2 Å². The predicted molar refractivity (Wildman–Crippen MR) is 93.3 cm³/mol. The molecule has 8 heteroatoms. The fourth-order valence-electron chi connectivity index (χ4n) is 3.42. The van der Waals surface area contributed by atoms with Crippen molar-refractivity contribution in [3.63, 3.8) is 0 Å². The van der Waals surface area contributed by atoms with Crippen LogP contribution in [0.3, 0.4) is 0 Å². The van der Waals surface area contributed by atoms with Crippen molar-refractivity contribution >= 4 is 16.7 Å². The van der Waals surface area contributed by atoms with E-state index in [4.69, 9.17) is 4.74 Å². The van der Waals surface area contributed by atoms with Crippen molar-refractivity contribution in [1.82, 2.24) is 9.97 Å². The second-order valence-corrected chi connectivity index (χ2v) is 7.33. The highest BCUT2D eigenvalue weighted by Gasteiger charge is 2.53. The number of halogens is 3. The molecule has 144 valence electrons. The van der Waals surface area contributed by atoms with Crippen molar-refractivity contribution in [2.24, 2.45) is 5.92 Å². The molecule has 0 amide bonds. The van der Waals surface area contributed by atoms with Gasteiger partial charge in [-0.25, -0.2) is 4.98 Å². The first-order chi connectivity index (χ1) is 12.2. The topological polar surface area (TPSA) is 61.4 Å². The fourth-order valence-corrected chi connectivity index (χ4v) is 3.42. The lowest BCUT2D eigenvalue weighted by molar-refractivity contribution is -0.265. The number of pyridine rings is 1. The Morgan fingerprint density at radius 3 is 2.58 bits per heavy atom. The van der Waals surface area contributed by atoms with Gasteiger partial charge in [-0.05, 0) is 24.5 Å². The first-order valence-electron chi connectivity index (χ1n) is 8.77. The van der Waals surface area contributed by atoms with Crippen LogP contribution in [0.1, 0.15) is 26.0 Å². The van der Waals surface area contributed by atoms with Crippen LogP contribution in [0.2, 0.25) is 0 Å². The molecule has 2 aromatic rings. The molecule has 26 heavy (non-hydrogen) atoms. The molecule has 0 spiro atoms. The quantitative estimate of drug-likeness (QED) is 0.847. The normalized spacial score (nSPS) is 18.5. The minimum atomic E-state index is -4.69. The van der Waals surface area contributed by atoms with Crippen molar-refractivity contribution in [3.05, 3.63) is 24.0 Å². The average Bonchev–Trinajstić information content (AvgIpc) is 2.94. The smallest absolute Gasteiger partial charge is 0.380 e. The van der Waals surface area contributed by atoms with Crippen LogP contribution in [0.5, 0.6) is 0 Å². The molecule has 1 atom stereocenters. The summed E-state index contributed by atoms with van der Waals surface area (Å²) in [4.78, 5) is 9.44. The molecule has 0 aromatic carbocycles. The number of morpholine rings is 1. The summed E-state index contributed by atoms with van der Waals surface area (Å²) >= 11 is 0. The summed E-state index contributed by atoms with van der Waals surface area (Å²) in [5.74, 6) is 0.500. The van der Waals surface area contributed by atoms with Gasteiger partial charge in [0.05, 0.1) is 24.9 Å². The number of aliphatic hydroxyl groups is 1. The lowest BCUT2D eigenvalue weighted by atomic mass is 9.87. The molecule has 0 radical (unpaired) electrons. The predicted octanol–water partition coefficient (Wildman–Crippen LogP) is 3.28. The summed E-state index contributed by atoms with van der Waals surface area (Å²) in [6.45, 7) is 6.06. The molecule has 1 fully saturated rings. The lowest BCUT2D eigenvalue weighted by Crippen LogP contribution is -2.48. The number of ether oxygens (including phenoxy) is 1. The number of anilines is 1. The van der Waals surface area contributed by atoms with Gasteiger partial charge in [0, 0.05) is 30.6 Å². The molecule has 0 aliphatic carbocycles. The molecule has 1 saturated heterocycles. The van der Waals surface area contributed by atoms with Gasteiger partial charge >= 0.3 is 6.18 Å². The van der Waals surface area contributed by atoms with Crippen LogP contribution in [-0.2, 0) is 11.2 Å². The maximum Gasteiger partial charge on any atom is 0.417 e. The summed E-state index contributed by atoms with van der Waals surface area (Å²) in [7, 11) is 0. The van der Waals surface area contributed by atoms with Gasteiger partial charge in [0.2, 0.25) is 0 Å². The summed E-state index contributed by atoms with van der Waals surface area (Å²) in [6, 6.07) is 3.52. The Balaban J connectivity index is 1.86. The van der Waals surface area contributed by atoms with Crippen LogP contribution in [-0.4, -0.2) is 53.2 Å². The number of H-pyrrole nitrogens is 1. The Morgan fingerprint density at radius 2 is 1.96 bits per heavy atom. The van der Waals surface area contributed by atoms with Crippen LogP contribution < -0.4 is 4.90 Å². The Kier molecular flexibility index (Phi) is 5.16. The second-order valence-electron chi connectivity index (χ2n) is 7.33. The Labute approximate surface area is 150 Å². The minimum Gasteiger partial charge on any atom is -0.380 e. The molecule has 2 aromatic heterocycles. The van der Waals surface area contributed by atoms with Crippen LogP contribution in [0.15, 0.2) is 18.3 Å². The van der Waals surface area contributed by atoms with Gasteiger partial charge in [-0.1, -0.05) is 13.8 Å². The standard InChI is InChI=1S/C18H24F3N3O2/c1-12(2)9-17(25,18(19,20)21)10-14-7-13-8-16(22-11-15(13)23-14)24-3-5-26-6-4-24/h7-8,11-12,23,25H,3-6,9-10H2,1-2H3. The highest BCUT2D eigenvalue weighted by Crippen LogP contribution is 2.38. The highest BCUT2D eigenvalue weighted by atomic mass is 19.4. The van der Waals surface area contributed by atoms with Gasteiger partial charge in [-0.3, -0.25) is 0 Å². The molecular formula is C18H24F3N3O2. The number of rotatable bonds is 5. The van der Waals surface area contributed by atoms with E-state index < -0.39 is 18.2 Å². The van der Waals surface area contributed by atoms with Gasteiger partial charge in [-0.2, -0.15) is 13.2 Å². The second kappa shape index (κ2) is 7.08. The first-order valence-corrected chi connectivity index (χ1v) is 8.77. The van der Waals surface area contributed by atoms with Gasteiger partial charge < -0.3 is 19.7 Å². The number of hydrogen-bond donors (Lipinski definition) is 2. The molecule has 5 nitrogen and oxygen atoms in total. The van der Waals surface area contributed by atoms with Gasteiger partial charge in [0.1, 0.15) is 5.82 Å². The number of nitrogens with one attached hydrogen (secondary N) is 1. The van der Waals surface area contributed by atoms with Crippen LogP contribution in [0.4, 0.5) is 19.0 Å². The Morgan fingerprint density at radius 1 is 1.27 bits per heavy atom. The maximum atomic E-state index is 13.4. The molecule has 1 aliphatic heterocycles. The molecule has 3 heterocycles. The van der Waals surface area contributed by atoms with Crippen LogP contribution in [0, 0.1) is 5.92 Å². The van der Waals surface area contributed by atoms with Crippen molar-refractivity contribution in [2.45, 2.75) is 38.5 Å². The third kappa shape index (κ3) is 3.96. The van der Waals surface area contributed by atoms with E-state index in [1.807, 2.05) is 6.07 Å². The number of nitrogens with zero attached hydrogens (tertiary/aromatic N) is 2. The summed E-state index contributed by atoms with van der Waals surface area (Å²) < 4.78 is 45.6. The van der Waals surface area contributed by atoms with E-state index in [9.17, 15) is 18.3 Å². The van der Waals surface area contributed by atoms with Crippen molar-refractivity contribution < 1.29 is 23.0 Å². The number of alkyl halides is 3. The minimum absolute atomic E-state index is 0.277. The molecule has 1 aliphatic rings. The molecule has 2 N–H and O–H groups in total. The first kappa shape index (κ1) is 19.0. The zero-order chi connectivity index (χ0) is 18.9. The molecular weight excluding hydrogens is 347 g/mol. The van der Waals surface area contributed by atoms with Crippen LogP contribution in [0.25, 0.3) is 10.9 Å². The van der Waals surface area contributed by atoms with Gasteiger partial charge in [-0.15, -0.1) is 0 Å². The van der Waals surface area contributed by atoms with E-state index in [0.29, 0.717) is 24.4 Å². The highest BCUT2D eigenvalue weighted by molar-refractivity contribution is 5.82. The van der Waals surface area contributed by atoms with E-state index in [1.165, 1.54) is 0 Å². The molecule has 3 rings (SSSR count). The maximum absolute atomic E-state index is 13.4. The van der Waals surface area contributed by atoms with Gasteiger partial charge in [0.25, 0.3) is 0 Å². The van der Waals surface area contributed by atoms with Gasteiger partial charge in [0.15, 0.2) is 5.60 Å². The molecule has 1 unspecified atom stereocenters. The van der Waals surface area contributed by atoms with E-state index in [2.05, 4.69) is 14.9 Å². The third-order valence-electron chi connectivity index (χ3n) is 4.64. The fraction of sp³-hybridized carbons (Fsp3) is 0.611. The van der Waals surface area contributed by atoms with E-state index in [1.54, 1.807) is 26.1 Å². The zero-order valence-electron chi connectivity index (χ0n) is 14.9. The number of fused-ring (bicyclic) bond motifs is 1. The average molecular weight is 371 g/mol. The zero-order valence-corrected chi connectivity index (χ0v) is 14.9. The number of aromatic nitrogens is 2. The van der Waals surface area contributed by atoms with E-state index >= 15 is 0 Å².